The minimum Gasteiger partial charge on any atom is -0.352 e. The molecule has 6 rings (SSSR count). The van der Waals surface area contributed by atoms with Crippen molar-refractivity contribution in [1.29, 1.82) is 0 Å². The Bertz CT molecular complexity index is 1470. The van der Waals surface area contributed by atoms with Crippen molar-refractivity contribution in [2.75, 3.05) is 32.7 Å². The van der Waals surface area contributed by atoms with Gasteiger partial charge in [0, 0.05) is 50.0 Å². The van der Waals surface area contributed by atoms with Crippen molar-refractivity contribution in [3.05, 3.63) is 59.5 Å². The number of carbonyl (C=O) groups is 1. The summed E-state index contributed by atoms with van der Waals surface area (Å²) in [6.45, 7) is 3.99. The molecule has 0 aliphatic carbocycles. The van der Waals surface area contributed by atoms with Crippen LogP contribution in [0.1, 0.15) is 54.1 Å². The zero-order chi connectivity index (χ0) is 26.2. The highest BCUT2D eigenvalue weighted by Gasteiger charge is 2.21. The number of hydrogen-bond donors (Lipinski definition) is 2. The summed E-state index contributed by atoms with van der Waals surface area (Å²) in [6, 6.07) is 11.2. The summed E-state index contributed by atoms with van der Waals surface area (Å²) in [6.07, 6.45) is 5.37. The second-order valence-electron chi connectivity index (χ2n) is 10.6. The summed E-state index contributed by atoms with van der Waals surface area (Å²) < 4.78 is 32.2. The molecule has 0 spiro atoms. The molecule has 11 heteroatoms. The Morgan fingerprint density at radius 3 is 2.62 bits per heavy atom. The molecule has 2 aliphatic rings. The standard InChI is InChI=1S/C29H34F2N6O.2ClH/c1-35-27-17-20(28(38)33-12-3-13-36-14-9-21(30)10-15-36)6-8-26(27)37-18-25(34-29(35)37)22-7-5-19(16-23(22)31)24-4-2-11-32-24;;/h5-8,16-18,21,24,32H,2-4,9-15H2,1H3,(H,33,38);2*1H. The first-order chi connectivity index (χ1) is 18.5. The quantitative estimate of drug-likeness (QED) is 0.280. The molecule has 0 saturated carbocycles. The Balaban J connectivity index is 0.00000185. The molecular weight excluding hydrogens is 557 g/mol. The Kier molecular flexibility index (Phi) is 9.72. The van der Waals surface area contributed by atoms with Crippen LogP contribution < -0.4 is 10.6 Å². The molecule has 1 unspecified atom stereocenters. The van der Waals surface area contributed by atoms with Gasteiger partial charge in [-0.1, -0.05) is 6.07 Å². The van der Waals surface area contributed by atoms with Gasteiger partial charge in [0.1, 0.15) is 12.0 Å². The molecule has 2 aliphatic heterocycles. The van der Waals surface area contributed by atoms with Crippen LogP contribution in [0.4, 0.5) is 8.78 Å². The maximum atomic E-state index is 15.1. The van der Waals surface area contributed by atoms with Crippen LogP contribution in [0.3, 0.4) is 0 Å². The highest BCUT2D eigenvalue weighted by Crippen LogP contribution is 2.30. The summed E-state index contributed by atoms with van der Waals surface area (Å²) in [4.78, 5) is 19.8. The molecule has 2 saturated heterocycles. The zero-order valence-corrected chi connectivity index (χ0v) is 24.2. The second kappa shape index (κ2) is 12.9. The molecule has 2 N–H and O–H groups in total. The average molecular weight is 594 g/mol. The van der Waals surface area contributed by atoms with Crippen LogP contribution in [0.2, 0.25) is 0 Å². The number of aromatic nitrogens is 3. The van der Waals surface area contributed by atoms with E-state index >= 15 is 4.39 Å². The van der Waals surface area contributed by atoms with Gasteiger partial charge in [-0.25, -0.2) is 13.8 Å². The number of rotatable bonds is 7. The van der Waals surface area contributed by atoms with Gasteiger partial charge in [-0.05, 0) is 81.1 Å². The van der Waals surface area contributed by atoms with Crippen molar-refractivity contribution in [2.45, 2.75) is 44.3 Å². The second-order valence-corrected chi connectivity index (χ2v) is 10.6. The summed E-state index contributed by atoms with van der Waals surface area (Å²) in [5.74, 6) is 0.299. The number of hydrogen-bond acceptors (Lipinski definition) is 4. The predicted molar refractivity (Wildman–Crippen MR) is 159 cm³/mol. The largest absolute Gasteiger partial charge is 0.352 e. The van der Waals surface area contributed by atoms with Gasteiger partial charge in [0.15, 0.2) is 0 Å². The summed E-state index contributed by atoms with van der Waals surface area (Å²) in [5.41, 5.74) is 4.41. The van der Waals surface area contributed by atoms with Gasteiger partial charge in [-0.2, -0.15) is 0 Å². The lowest BCUT2D eigenvalue weighted by molar-refractivity contribution is 0.0950. The first-order valence-corrected chi connectivity index (χ1v) is 13.6. The fraction of sp³-hybridized carbons (Fsp3) is 0.448. The lowest BCUT2D eigenvalue weighted by atomic mass is 10.0. The number of imidazole rings is 2. The molecule has 7 nitrogen and oxygen atoms in total. The van der Waals surface area contributed by atoms with Crippen LogP contribution in [0, 0.1) is 5.82 Å². The van der Waals surface area contributed by atoms with E-state index in [1.54, 1.807) is 6.07 Å². The number of fused-ring (bicyclic) bond motifs is 3. The van der Waals surface area contributed by atoms with Crippen molar-refractivity contribution >= 4 is 47.5 Å². The molecule has 40 heavy (non-hydrogen) atoms. The maximum Gasteiger partial charge on any atom is 0.251 e. The molecule has 0 bridgehead atoms. The van der Waals surface area contributed by atoms with Crippen LogP contribution in [0.25, 0.3) is 28.1 Å². The highest BCUT2D eigenvalue weighted by molar-refractivity contribution is 5.98. The van der Waals surface area contributed by atoms with Crippen LogP contribution in [-0.4, -0.2) is 63.7 Å². The molecule has 0 radical (unpaired) electrons. The number of nitrogens with zero attached hydrogens (tertiary/aromatic N) is 4. The topological polar surface area (TPSA) is 66.6 Å². The van der Waals surface area contributed by atoms with Crippen molar-refractivity contribution in [2.24, 2.45) is 7.05 Å². The minimum absolute atomic E-state index is 0. The number of carbonyl (C=O) groups excluding carboxylic acids is 1. The molecule has 4 heterocycles. The van der Waals surface area contributed by atoms with Crippen molar-refractivity contribution < 1.29 is 13.6 Å². The monoisotopic (exact) mass is 592 g/mol. The van der Waals surface area contributed by atoms with Gasteiger partial charge in [0.25, 0.3) is 5.91 Å². The number of likely N-dealkylation sites (tertiary alicyclic amines) is 1. The fourth-order valence-corrected chi connectivity index (χ4v) is 5.82. The van der Waals surface area contributed by atoms with E-state index in [-0.39, 0.29) is 42.6 Å². The highest BCUT2D eigenvalue weighted by atomic mass is 35.5. The molecule has 2 fully saturated rings. The number of aryl methyl sites for hydroxylation is 1. The minimum atomic E-state index is -0.667. The lowest BCUT2D eigenvalue weighted by Gasteiger charge is -2.28. The maximum absolute atomic E-state index is 15.1. The third-order valence-electron chi connectivity index (χ3n) is 8.03. The number of alkyl halides is 1. The Morgan fingerprint density at radius 1 is 1.10 bits per heavy atom. The van der Waals surface area contributed by atoms with Crippen molar-refractivity contribution in [3.8, 4) is 11.3 Å². The van der Waals surface area contributed by atoms with Crippen LogP contribution in [-0.2, 0) is 7.05 Å². The molecule has 2 aromatic heterocycles. The summed E-state index contributed by atoms with van der Waals surface area (Å²) in [7, 11) is 1.90. The number of amides is 1. The first kappa shape index (κ1) is 30.2. The van der Waals surface area contributed by atoms with Crippen LogP contribution in [0.5, 0.6) is 0 Å². The van der Waals surface area contributed by atoms with Crippen molar-refractivity contribution in [3.63, 3.8) is 0 Å². The molecule has 1 atom stereocenters. The SMILES string of the molecule is Cl.Cl.Cn1c2cc(C(=O)NCCCN3CCC(F)CC3)ccc2n2cc(-c3ccc(C4CCCN4)cc3F)nc12. The van der Waals surface area contributed by atoms with Gasteiger partial charge in [-0.3, -0.25) is 9.20 Å². The van der Waals surface area contributed by atoms with E-state index in [0.29, 0.717) is 42.0 Å². The average Bonchev–Trinajstić information content (AvgIpc) is 3.66. The zero-order valence-electron chi connectivity index (χ0n) is 22.5. The van der Waals surface area contributed by atoms with Gasteiger partial charge >= 0.3 is 0 Å². The lowest BCUT2D eigenvalue weighted by Crippen LogP contribution is -2.36. The van der Waals surface area contributed by atoms with E-state index in [1.807, 2.05) is 52.5 Å². The van der Waals surface area contributed by atoms with Gasteiger partial charge < -0.3 is 20.1 Å². The third-order valence-corrected chi connectivity index (χ3v) is 8.03. The normalized spacial score (nSPS) is 18.1. The first-order valence-electron chi connectivity index (χ1n) is 13.6. The number of benzene rings is 2. The van der Waals surface area contributed by atoms with E-state index in [4.69, 9.17) is 4.98 Å². The third kappa shape index (κ3) is 5.98. The Hall–Kier alpha value is -2.72. The molecular formula is C29H36Cl2F2N6O. The van der Waals surface area contributed by atoms with Gasteiger partial charge in [-0.15, -0.1) is 24.8 Å². The Labute approximate surface area is 245 Å². The van der Waals surface area contributed by atoms with Crippen LogP contribution in [0.15, 0.2) is 42.6 Å². The molecule has 2 aromatic carbocycles. The number of nitrogens with one attached hydrogen (secondary N) is 2. The van der Waals surface area contributed by atoms with Crippen molar-refractivity contribution in [1.82, 2.24) is 29.5 Å². The molecule has 1 amide bonds. The fourth-order valence-electron chi connectivity index (χ4n) is 5.82. The molecule has 4 aromatic rings. The van der Waals surface area contributed by atoms with E-state index < -0.39 is 6.17 Å². The number of piperidine rings is 1. The van der Waals surface area contributed by atoms with E-state index in [0.717, 1.165) is 62.0 Å². The van der Waals surface area contributed by atoms with E-state index in [1.165, 1.54) is 0 Å². The number of halogens is 4. The van der Waals surface area contributed by atoms with Gasteiger partial charge in [0.2, 0.25) is 5.78 Å². The van der Waals surface area contributed by atoms with Gasteiger partial charge in [0.05, 0.1) is 16.7 Å². The summed E-state index contributed by atoms with van der Waals surface area (Å²) in [5, 5.41) is 6.42. The van der Waals surface area contributed by atoms with E-state index in [9.17, 15) is 9.18 Å². The van der Waals surface area contributed by atoms with E-state index in [2.05, 4.69) is 15.5 Å². The predicted octanol–water partition coefficient (Wildman–Crippen LogP) is 5.45. The molecule has 216 valence electrons. The van der Waals surface area contributed by atoms with Crippen LogP contribution >= 0.6 is 24.8 Å². The smallest absolute Gasteiger partial charge is 0.251 e. The summed E-state index contributed by atoms with van der Waals surface area (Å²) >= 11 is 0. The Morgan fingerprint density at radius 2 is 1.90 bits per heavy atom.